The van der Waals surface area contributed by atoms with Crippen molar-refractivity contribution >= 4 is 11.4 Å². The van der Waals surface area contributed by atoms with Gasteiger partial charge in [-0.1, -0.05) is 0 Å². The number of nitrogens with zero attached hydrogens (tertiary/aromatic N) is 1. The lowest BCUT2D eigenvalue weighted by molar-refractivity contribution is 1.36. The van der Waals surface area contributed by atoms with Crippen LogP contribution in [0.1, 0.15) is 19.4 Å². The van der Waals surface area contributed by atoms with Crippen molar-refractivity contribution in [3.8, 4) is 6.07 Å². The number of hydrogen-bond acceptors (Lipinski definition) is 3. The second-order valence-corrected chi connectivity index (χ2v) is 3.32. The Kier molecular flexibility index (Phi) is 3.64. The van der Waals surface area contributed by atoms with E-state index in [2.05, 4.69) is 11.4 Å². The number of nitriles is 1. The van der Waals surface area contributed by atoms with Crippen molar-refractivity contribution in [1.29, 1.82) is 10.7 Å². The molecule has 0 saturated carbocycles. The van der Waals surface area contributed by atoms with Crippen molar-refractivity contribution in [2.45, 2.75) is 13.8 Å². The molecular formula is C12H13N3. The molecule has 0 amide bonds. The second-order valence-electron chi connectivity index (χ2n) is 3.32. The summed E-state index contributed by atoms with van der Waals surface area (Å²) in [6.45, 7) is 3.63. The summed E-state index contributed by atoms with van der Waals surface area (Å²) < 4.78 is 0. The van der Waals surface area contributed by atoms with Gasteiger partial charge in [-0.2, -0.15) is 5.26 Å². The maximum atomic E-state index is 8.62. The molecule has 1 aromatic rings. The van der Waals surface area contributed by atoms with Crippen molar-refractivity contribution in [2.24, 2.45) is 0 Å². The SMILES string of the molecule is CC(=N)/C=C(/C)Nc1ccc(C#N)cc1. The van der Waals surface area contributed by atoms with Gasteiger partial charge in [-0.05, 0) is 44.2 Å². The summed E-state index contributed by atoms with van der Waals surface area (Å²) in [5, 5.41) is 19.0. The average Bonchev–Trinajstić information content (AvgIpc) is 2.17. The van der Waals surface area contributed by atoms with E-state index < -0.39 is 0 Å². The summed E-state index contributed by atoms with van der Waals surface area (Å²) >= 11 is 0. The van der Waals surface area contributed by atoms with Crippen LogP contribution in [0.2, 0.25) is 0 Å². The van der Waals surface area contributed by atoms with Crippen LogP contribution >= 0.6 is 0 Å². The van der Waals surface area contributed by atoms with Gasteiger partial charge in [0, 0.05) is 17.1 Å². The van der Waals surface area contributed by atoms with Crippen LogP contribution in [0.15, 0.2) is 36.0 Å². The number of benzene rings is 1. The Morgan fingerprint density at radius 1 is 1.33 bits per heavy atom. The highest BCUT2D eigenvalue weighted by molar-refractivity contribution is 5.90. The van der Waals surface area contributed by atoms with Crippen molar-refractivity contribution in [2.75, 3.05) is 5.32 Å². The smallest absolute Gasteiger partial charge is 0.0991 e. The fraction of sp³-hybridized carbons (Fsp3) is 0.167. The van der Waals surface area contributed by atoms with Crippen LogP contribution in [0.5, 0.6) is 0 Å². The summed E-state index contributed by atoms with van der Waals surface area (Å²) in [5.41, 5.74) is 2.98. The Labute approximate surface area is 89.6 Å². The van der Waals surface area contributed by atoms with Crippen molar-refractivity contribution in [3.63, 3.8) is 0 Å². The van der Waals surface area contributed by atoms with Crippen LogP contribution in [0.25, 0.3) is 0 Å². The summed E-state index contributed by atoms with van der Waals surface area (Å²) in [4.78, 5) is 0. The molecule has 0 aliphatic rings. The highest BCUT2D eigenvalue weighted by Crippen LogP contribution is 2.11. The third kappa shape index (κ3) is 3.65. The molecule has 3 heteroatoms. The molecule has 0 aliphatic heterocycles. The first-order valence-electron chi connectivity index (χ1n) is 4.62. The molecule has 0 spiro atoms. The van der Waals surface area contributed by atoms with E-state index in [1.165, 1.54) is 0 Å². The highest BCUT2D eigenvalue weighted by Gasteiger charge is 1.94. The Morgan fingerprint density at radius 3 is 2.40 bits per heavy atom. The Balaban J connectivity index is 2.74. The van der Waals surface area contributed by atoms with E-state index in [1.807, 2.05) is 19.1 Å². The minimum atomic E-state index is 0.508. The highest BCUT2D eigenvalue weighted by atomic mass is 14.9. The molecule has 0 bridgehead atoms. The first kappa shape index (κ1) is 11.0. The third-order valence-electron chi connectivity index (χ3n) is 1.79. The van der Waals surface area contributed by atoms with E-state index in [4.69, 9.17) is 10.7 Å². The number of anilines is 1. The van der Waals surface area contributed by atoms with Crippen LogP contribution in [-0.2, 0) is 0 Å². The zero-order valence-electron chi connectivity index (χ0n) is 8.83. The molecule has 0 radical (unpaired) electrons. The average molecular weight is 199 g/mol. The molecule has 0 aromatic heterocycles. The number of nitrogens with one attached hydrogen (secondary N) is 2. The zero-order chi connectivity index (χ0) is 11.3. The van der Waals surface area contributed by atoms with Crippen molar-refractivity contribution < 1.29 is 0 Å². The van der Waals surface area contributed by atoms with Gasteiger partial charge >= 0.3 is 0 Å². The fourth-order valence-corrected chi connectivity index (χ4v) is 1.22. The van der Waals surface area contributed by atoms with Crippen LogP contribution in [0.3, 0.4) is 0 Å². The zero-order valence-corrected chi connectivity index (χ0v) is 8.83. The number of hydrogen-bond donors (Lipinski definition) is 2. The molecule has 1 rings (SSSR count). The van der Waals surface area contributed by atoms with E-state index >= 15 is 0 Å². The van der Waals surface area contributed by atoms with Gasteiger partial charge in [0.15, 0.2) is 0 Å². The van der Waals surface area contributed by atoms with E-state index in [-0.39, 0.29) is 0 Å². The minimum Gasteiger partial charge on any atom is -0.359 e. The molecular weight excluding hydrogens is 186 g/mol. The molecule has 1 aromatic carbocycles. The summed E-state index contributed by atoms with van der Waals surface area (Å²) in [7, 11) is 0. The lowest BCUT2D eigenvalue weighted by Crippen LogP contribution is -1.97. The molecule has 2 N–H and O–H groups in total. The van der Waals surface area contributed by atoms with Gasteiger partial charge in [0.2, 0.25) is 0 Å². The molecule has 0 fully saturated rings. The maximum absolute atomic E-state index is 8.62. The van der Waals surface area contributed by atoms with Crippen LogP contribution < -0.4 is 5.32 Å². The predicted octanol–water partition coefficient (Wildman–Crippen LogP) is 2.91. The molecule has 0 heterocycles. The molecule has 0 saturated heterocycles. The normalized spacial score (nSPS) is 10.6. The maximum Gasteiger partial charge on any atom is 0.0991 e. The van der Waals surface area contributed by atoms with Gasteiger partial charge in [0.25, 0.3) is 0 Å². The molecule has 0 aliphatic carbocycles. The third-order valence-corrected chi connectivity index (χ3v) is 1.79. The molecule has 0 atom stereocenters. The first-order chi connectivity index (χ1) is 7.11. The minimum absolute atomic E-state index is 0.508. The molecule has 76 valence electrons. The van der Waals surface area contributed by atoms with Gasteiger partial charge in [0.1, 0.15) is 0 Å². The molecule has 3 nitrogen and oxygen atoms in total. The lowest BCUT2D eigenvalue weighted by Gasteiger charge is -2.05. The summed E-state index contributed by atoms with van der Waals surface area (Å²) in [5.74, 6) is 0. The standard InChI is InChI=1S/C12H13N3/c1-9(14)7-10(2)15-12-5-3-11(8-13)4-6-12/h3-7,14-15H,1-2H3/b10-7-,14-9?. The quantitative estimate of drug-likeness (QED) is 0.735. The Hall–Kier alpha value is -2.08. The van der Waals surface area contributed by atoms with Gasteiger partial charge < -0.3 is 10.7 Å². The van der Waals surface area contributed by atoms with E-state index in [0.29, 0.717) is 11.3 Å². The molecule has 0 unspecified atom stereocenters. The van der Waals surface area contributed by atoms with E-state index in [9.17, 15) is 0 Å². The number of rotatable bonds is 3. The van der Waals surface area contributed by atoms with Gasteiger partial charge in [-0.25, -0.2) is 0 Å². The first-order valence-corrected chi connectivity index (χ1v) is 4.62. The van der Waals surface area contributed by atoms with E-state index in [1.54, 1.807) is 25.1 Å². The molecule has 15 heavy (non-hydrogen) atoms. The Morgan fingerprint density at radius 2 is 1.93 bits per heavy atom. The van der Waals surface area contributed by atoms with Crippen molar-refractivity contribution in [3.05, 3.63) is 41.6 Å². The van der Waals surface area contributed by atoms with Crippen LogP contribution in [0.4, 0.5) is 5.69 Å². The summed E-state index contributed by atoms with van der Waals surface area (Å²) in [6, 6.07) is 9.26. The fourth-order valence-electron chi connectivity index (χ4n) is 1.22. The van der Waals surface area contributed by atoms with Gasteiger partial charge in [0.05, 0.1) is 11.6 Å². The Bertz CT molecular complexity index is 421. The summed E-state index contributed by atoms with van der Waals surface area (Å²) in [6.07, 6.45) is 1.75. The van der Waals surface area contributed by atoms with Gasteiger partial charge in [-0.3, -0.25) is 0 Å². The topological polar surface area (TPSA) is 59.7 Å². The van der Waals surface area contributed by atoms with E-state index in [0.717, 1.165) is 11.4 Å². The van der Waals surface area contributed by atoms with Crippen LogP contribution in [-0.4, -0.2) is 5.71 Å². The lowest BCUT2D eigenvalue weighted by atomic mass is 10.2. The van der Waals surface area contributed by atoms with Crippen molar-refractivity contribution in [1.82, 2.24) is 0 Å². The predicted molar refractivity (Wildman–Crippen MR) is 61.9 cm³/mol. The number of allylic oxidation sites excluding steroid dienone is 2. The second kappa shape index (κ2) is 4.97. The largest absolute Gasteiger partial charge is 0.359 e. The van der Waals surface area contributed by atoms with Gasteiger partial charge in [-0.15, -0.1) is 0 Å². The monoisotopic (exact) mass is 199 g/mol. The van der Waals surface area contributed by atoms with Crippen LogP contribution in [0, 0.1) is 16.7 Å².